The number of aromatic nitrogens is 1. The molecule has 0 spiro atoms. The Labute approximate surface area is 171 Å². The number of alkyl halides is 3. The summed E-state index contributed by atoms with van der Waals surface area (Å²) in [5.41, 5.74) is -0.919. The maximum Gasteiger partial charge on any atom is 0.416 e. The van der Waals surface area contributed by atoms with Crippen LogP contribution in [-0.4, -0.2) is 37.8 Å². The minimum atomic E-state index is -4.72. The second-order valence-electron chi connectivity index (χ2n) is 6.94. The summed E-state index contributed by atoms with van der Waals surface area (Å²) in [6.07, 6.45) is -3.19. The molecule has 2 aromatic rings. The summed E-state index contributed by atoms with van der Waals surface area (Å²) in [7, 11) is -4.46. The van der Waals surface area contributed by atoms with Crippen molar-refractivity contribution in [1.82, 2.24) is 9.71 Å². The Morgan fingerprint density at radius 1 is 1.17 bits per heavy atom. The lowest BCUT2D eigenvalue weighted by Gasteiger charge is -2.19. The number of Topliss-reactive ketones (excluding diaryl/α,β-unsaturated/α-hetero) is 1. The van der Waals surface area contributed by atoms with E-state index in [-0.39, 0.29) is 18.0 Å². The number of halogens is 3. The quantitative estimate of drug-likeness (QED) is 0.455. The van der Waals surface area contributed by atoms with Gasteiger partial charge >= 0.3 is 12.1 Å². The standard InChI is InChI=1S/C19H21F3N2O5S/c1-12(2)9-16(18(26)29-11-17(25)15-7-4-8-23-15)24-30(27,28)14-6-3-5-13(10-14)19(20,21)22/h3-8,10,12,16,23-24H,9,11H2,1-2H3/t16-/m1/s1. The number of aromatic amines is 1. The van der Waals surface area contributed by atoms with Gasteiger partial charge in [0.25, 0.3) is 0 Å². The fourth-order valence-corrected chi connectivity index (χ4v) is 3.82. The topological polar surface area (TPSA) is 105 Å². The molecule has 7 nitrogen and oxygen atoms in total. The summed E-state index contributed by atoms with van der Waals surface area (Å²) < 4.78 is 70.8. The van der Waals surface area contributed by atoms with Crippen LogP contribution in [0.2, 0.25) is 0 Å². The first-order valence-corrected chi connectivity index (χ1v) is 10.4. The van der Waals surface area contributed by atoms with Crippen LogP contribution in [-0.2, 0) is 25.7 Å². The zero-order chi connectivity index (χ0) is 22.5. The highest BCUT2D eigenvalue weighted by Gasteiger charge is 2.33. The minimum absolute atomic E-state index is 0.0215. The van der Waals surface area contributed by atoms with Crippen molar-refractivity contribution in [1.29, 1.82) is 0 Å². The molecule has 11 heteroatoms. The largest absolute Gasteiger partial charge is 0.456 e. The van der Waals surface area contributed by atoms with Gasteiger partial charge in [0.1, 0.15) is 6.04 Å². The first-order valence-electron chi connectivity index (χ1n) is 8.93. The van der Waals surface area contributed by atoms with Crippen LogP contribution in [0.15, 0.2) is 47.5 Å². The highest BCUT2D eigenvalue weighted by molar-refractivity contribution is 7.89. The average Bonchev–Trinajstić information content (AvgIpc) is 3.19. The van der Waals surface area contributed by atoms with Gasteiger partial charge in [0.2, 0.25) is 15.8 Å². The van der Waals surface area contributed by atoms with Gasteiger partial charge in [-0.05, 0) is 42.7 Å². The second-order valence-corrected chi connectivity index (χ2v) is 8.66. The van der Waals surface area contributed by atoms with Crippen molar-refractivity contribution in [2.24, 2.45) is 5.92 Å². The molecular formula is C19H21F3N2O5S. The summed E-state index contributed by atoms with van der Waals surface area (Å²) in [6, 6.07) is 4.87. The van der Waals surface area contributed by atoms with Crippen LogP contribution in [0, 0.1) is 5.92 Å². The lowest BCUT2D eigenvalue weighted by molar-refractivity contribution is -0.145. The lowest BCUT2D eigenvalue weighted by atomic mass is 10.1. The molecule has 2 N–H and O–H groups in total. The normalized spacial score (nSPS) is 13.3. The second kappa shape index (κ2) is 9.43. The van der Waals surface area contributed by atoms with Crippen LogP contribution >= 0.6 is 0 Å². The summed E-state index contributed by atoms with van der Waals surface area (Å²) in [6.45, 7) is 2.84. The zero-order valence-corrected chi connectivity index (χ0v) is 17.0. The van der Waals surface area contributed by atoms with E-state index >= 15 is 0 Å². The van der Waals surface area contributed by atoms with Crippen LogP contribution in [0.1, 0.15) is 36.3 Å². The van der Waals surface area contributed by atoms with E-state index in [1.807, 2.05) is 0 Å². The fraction of sp³-hybridized carbons (Fsp3) is 0.368. The molecule has 2 rings (SSSR count). The fourth-order valence-electron chi connectivity index (χ4n) is 2.58. The molecule has 0 saturated heterocycles. The Morgan fingerprint density at radius 3 is 2.43 bits per heavy atom. The number of hydrogen-bond acceptors (Lipinski definition) is 5. The molecule has 164 valence electrons. The monoisotopic (exact) mass is 446 g/mol. The molecule has 0 unspecified atom stereocenters. The molecular weight excluding hydrogens is 425 g/mol. The molecule has 0 aliphatic carbocycles. The average molecular weight is 446 g/mol. The number of H-pyrrole nitrogens is 1. The van der Waals surface area contributed by atoms with E-state index in [0.29, 0.717) is 6.07 Å². The third-order valence-electron chi connectivity index (χ3n) is 4.00. The number of rotatable bonds is 9. The van der Waals surface area contributed by atoms with Crippen molar-refractivity contribution in [2.75, 3.05) is 6.61 Å². The molecule has 0 amide bonds. The van der Waals surface area contributed by atoms with Gasteiger partial charge in [-0.3, -0.25) is 9.59 Å². The smallest absolute Gasteiger partial charge is 0.416 e. The number of carbonyl (C=O) groups excluding carboxylic acids is 2. The molecule has 1 atom stereocenters. The molecule has 0 fully saturated rings. The third-order valence-corrected chi connectivity index (χ3v) is 5.47. The van der Waals surface area contributed by atoms with Gasteiger partial charge in [0.05, 0.1) is 16.2 Å². The maximum absolute atomic E-state index is 12.9. The predicted octanol–water partition coefficient (Wildman–Crippen LogP) is 3.15. The third kappa shape index (κ3) is 6.42. The molecule has 1 aromatic carbocycles. The van der Waals surface area contributed by atoms with E-state index < -0.39 is 51.1 Å². The van der Waals surface area contributed by atoms with Gasteiger partial charge in [-0.25, -0.2) is 8.42 Å². The molecule has 1 aromatic heterocycles. The van der Waals surface area contributed by atoms with Crippen molar-refractivity contribution >= 4 is 21.8 Å². The van der Waals surface area contributed by atoms with E-state index in [0.717, 1.165) is 18.2 Å². The number of ether oxygens (including phenoxy) is 1. The number of carbonyl (C=O) groups is 2. The zero-order valence-electron chi connectivity index (χ0n) is 16.2. The Balaban J connectivity index is 2.16. The number of ketones is 1. The van der Waals surface area contributed by atoms with Gasteiger partial charge in [-0.2, -0.15) is 17.9 Å². The van der Waals surface area contributed by atoms with E-state index in [1.165, 1.54) is 12.3 Å². The van der Waals surface area contributed by atoms with Crippen molar-refractivity contribution in [3.8, 4) is 0 Å². The van der Waals surface area contributed by atoms with Gasteiger partial charge in [-0.15, -0.1) is 0 Å². The molecule has 0 radical (unpaired) electrons. The number of nitrogens with one attached hydrogen (secondary N) is 2. The van der Waals surface area contributed by atoms with Crippen molar-refractivity contribution in [2.45, 2.75) is 37.4 Å². The maximum atomic E-state index is 12.9. The summed E-state index contributed by atoms with van der Waals surface area (Å²) >= 11 is 0. The first-order chi connectivity index (χ1) is 13.9. The van der Waals surface area contributed by atoms with Crippen molar-refractivity contribution < 1.29 is 35.9 Å². The molecule has 0 bridgehead atoms. The van der Waals surface area contributed by atoms with Crippen LogP contribution in [0.3, 0.4) is 0 Å². The van der Waals surface area contributed by atoms with Crippen LogP contribution in [0.4, 0.5) is 13.2 Å². The predicted molar refractivity (Wildman–Crippen MR) is 101 cm³/mol. The molecule has 0 aliphatic heterocycles. The highest BCUT2D eigenvalue weighted by atomic mass is 32.2. The van der Waals surface area contributed by atoms with Gasteiger partial charge in [0, 0.05) is 6.20 Å². The van der Waals surface area contributed by atoms with Gasteiger partial charge in [-0.1, -0.05) is 19.9 Å². The highest BCUT2D eigenvalue weighted by Crippen LogP contribution is 2.30. The number of benzene rings is 1. The SMILES string of the molecule is CC(C)C[C@@H](NS(=O)(=O)c1cccc(C(F)(F)F)c1)C(=O)OCC(=O)c1ccc[nH]1. The van der Waals surface area contributed by atoms with E-state index in [9.17, 15) is 31.2 Å². The summed E-state index contributed by atoms with van der Waals surface area (Å²) in [4.78, 5) is 26.4. The van der Waals surface area contributed by atoms with Crippen LogP contribution < -0.4 is 4.72 Å². The molecule has 0 saturated carbocycles. The van der Waals surface area contributed by atoms with Crippen molar-refractivity contribution in [3.63, 3.8) is 0 Å². The Morgan fingerprint density at radius 2 is 1.87 bits per heavy atom. The Kier molecular flexibility index (Phi) is 7.43. The van der Waals surface area contributed by atoms with E-state index in [2.05, 4.69) is 9.71 Å². The summed E-state index contributed by atoms with van der Waals surface area (Å²) in [5, 5.41) is 0. The Hall–Kier alpha value is -2.66. The number of sulfonamides is 1. The lowest BCUT2D eigenvalue weighted by Crippen LogP contribution is -2.43. The van der Waals surface area contributed by atoms with E-state index in [1.54, 1.807) is 19.9 Å². The van der Waals surface area contributed by atoms with Crippen molar-refractivity contribution in [3.05, 3.63) is 53.9 Å². The summed E-state index contributed by atoms with van der Waals surface area (Å²) in [5.74, 6) is -1.66. The minimum Gasteiger partial charge on any atom is -0.456 e. The van der Waals surface area contributed by atoms with Gasteiger partial charge < -0.3 is 9.72 Å². The van der Waals surface area contributed by atoms with Crippen LogP contribution in [0.25, 0.3) is 0 Å². The van der Waals surface area contributed by atoms with E-state index in [4.69, 9.17) is 4.74 Å². The first kappa shape index (κ1) is 23.6. The van der Waals surface area contributed by atoms with Gasteiger partial charge in [0.15, 0.2) is 6.61 Å². The molecule has 30 heavy (non-hydrogen) atoms. The number of hydrogen-bond donors (Lipinski definition) is 2. The molecule has 1 heterocycles. The van der Waals surface area contributed by atoms with Crippen LogP contribution in [0.5, 0.6) is 0 Å². The number of esters is 1. The Bertz CT molecular complexity index is 986. The molecule has 0 aliphatic rings.